The fraction of sp³-hybridized carbons (Fsp3) is 0.835. The molecule has 42 nitrogen and oxygen atoms in total. The lowest BCUT2D eigenvalue weighted by atomic mass is 9.84. The molecule has 1 aliphatic heterocycles. The third-order valence-corrected chi connectivity index (χ3v) is 19.9. The molecule has 1 fully saturated rings. The van der Waals surface area contributed by atoms with Crippen molar-refractivity contribution in [2.75, 3.05) is 369 Å². The topological polar surface area (TPSA) is 484 Å². The minimum Gasteiger partial charge on any atom is -0.480 e. The maximum absolute atomic E-state index is 13.6. The van der Waals surface area contributed by atoms with Gasteiger partial charge in [0.15, 0.2) is 5.78 Å². The molecule has 0 radical (unpaired) electrons. The number of nitrogens with one attached hydrogen (secondary N) is 6. The van der Waals surface area contributed by atoms with E-state index in [2.05, 4.69) is 68.6 Å². The van der Waals surface area contributed by atoms with Crippen molar-refractivity contribution in [2.45, 2.75) is 123 Å². The molecule has 0 aliphatic carbocycles. The minimum absolute atomic E-state index is 0.00983. The number of aliphatic carboxylic acids is 3. The summed E-state index contributed by atoms with van der Waals surface area (Å²) in [5.41, 5.74) is 0.347. The number of hydrogen-bond donors (Lipinski definition) is 9. The predicted molar refractivity (Wildman–Crippen MR) is 500 cm³/mol. The van der Waals surface area contributed by atoms with E-state index in [-0.39, 0.29) is 178 Å². The Bertz CT molecular complexity index is 3060. The van der Waals surface area contributed by atoms with E-state index in [1.807, 2.05) is 49.9 Å². The van der Waals surface area contributed by atoms with Crippen molar-refractivity contribution in [2.24, 2.45) is 5.41 Å². The third-order valence-electron chi connectivity index (χ3n) is 19.4. The van der Waals surface area contributed by atoms with Gasteiger partial charge in [-0.25, -0.2) is 0 Å². The van der Waals surface area contributed by atoms with Gasteiger partial charge < -0.3 is 142 Å². The highest BCUT2D eigenvalue weighted by molar-refractivity contribution is 9.10. The first-order chi connectivity index (χ1) is 64.8. The second-order valence-corrected chi connectivity index (χ2v) is 34.2. The van der Waals surface area contributed by atoms with E-state index < -0.39 is 35.3 Å². The van der Waals surface area contributed by atoms with E-state index in [1.165, 1.54) is 0 Å². The number of ether oxygens (including phenoxy) is 20. The number of carboxylic acids is 3. The lowest BCUT2D eigenvalue weighted by molar-refractivity contribution is -0.140. The fourth-order valence-corrected chi connectivity index (χ4v) is 12.8. The Balaban J connectivity index is 1.55. The van der Waals surface area contributed by atoms with Crippen LogP contribution in [0.15, 0.2) is 28.7 Å². The van der Waals surface area contributed by atoms with Crippen LogP contribution in [0.3, 0.4) is 0 Å². The average Bonchev–Trinajstić information content (AvgIpc) is 0.851. The van der Waals surface area contributed by atoms with Gasteiger partial charge in [-0.2, -0.15) is 0 Å². The molecule has 1 aromatic rings. The number of hydrogen-bond acceptors (Lipinski definition) is 34. The van der Waals surface area contributed by atoms with Crippen LogP contribution in [0, 0.1) is 5.41 Å². The zero-order valence-corrected chi connectivity index (χ0v) is 82.6. The summed E-state index contributed by atoms with van der Waals surface area (Å²) in [5.74, 6) is -4.24. The van der Waals surface area contributed by atoms with Crippen molar-refractivity contribution >= 4 is 69.2 Å². The molecule has 1 saturated heterocycles. The molecule has 1 heterocycles. The van der Waals surface area contributed by atoms with Gasteiger partial charge in [0.25, 0.3) is 0 Å². The van der Waals surface area contributed by atoms with Gasteiger partial charge in [-0.3, -0.25) is 62.8 Å². The lowest BCUT2D eigenvalue weighted by Gasteiger charge is -2.32. The summed E-state index contributed by atoms with van der Waals surface area (Å²) in [7, 11) is 0. The Morgan fingerprint density at radius 2 is 0.597 bits per heavy atom. The molecule has 9 N–H and O–H groups in total. The molecule has 43 heteroatoms. The third kappa shape index (κ3) is 81.0. The van der Waals surface area contributed by atoms with Gasteiger partial charge in [-0.15, -0.1) is 0 Å². The summed E-state index contributed by atoms with van der Waals surface area (Å²) in [4.78, 5) is 119. The zero-order valence-electron chi connectivity index (χ0n) is 81.0. The van der Waals surface area contributed by atoms with Gasteiger partial charge in [0.2, 0.25) is 29.5 Å². The lowest BCUT2D eigenvalue weighted by Crippen LogP contribution is -2.50. The van der Waals surface area contributed by atoms with Crippen LogP contribution >= 0.6 is 15.9 Å². The van der Waals surface area contributed by atoms with Crippen LogP contribution in [-0.4, -0.2) is 475 Å². The number of carbonyl (C=O) groups excluding carboxylic acids is 6. The molecular formula is C91H165BrN10O32. The number of carbonyl (C=O) groups is 9. The number of amides is 5. The average molecular weight is 1990 g/mol. The molecule has 2 atom stereocenters. The smallest absolute Gasteiger partial charge is 0.317 e. The van der Waals surface area contributed by atoms with Crippen molar-refractivity contribution in [3.63, 3.8) is 0 Å². The van der Waals surface area contributed by atoms with E-state index in [0.29, 0.717) is 276 Å². The molecule has 5 amide bonds. The standard InChI is InChI=1S/C91H165BrN10O32/c1-90(2,3)88(113)79(98-91(4,5)6)13-7-9-21-95-84(106)76-134-70-69-133-68-67-132-66-65-131-64-63-126-52-49-123-46-43-120-40-37-117-34-23-96-89(114)80(14-8-10-20-94-83(105)72-99-24-26-100(73-85(107)108)28-30-102(75-87(111)112)31-29-101(27-25-99)74-86(109)110)97-81(103)15-11-32-115-35-38-118-41-44-121-47-50-124-53-55-127-57-59-129-61-62-130-60-58-128-56-54-125-51-48-122-45-42-119-39-36-116-33-12-22-93-82(104)71-77-16-18-78(92)19-17-77/h16-19,79-80,98H,7-15,20-76H2,1-6H3,(H,93,104)(H,94,105)(H,95,106)(H,96,114)(H,97,103)(H,107,108)(H,109,110)(H,111,112)/t79-,80-/m1/s1. The van der Waals surface area contributed by atoms with Crippen LogP contribution in [0.25, 0.3) is 0 Å². The number of carboxylic acid groups (broad SMARTS) is 3. The largest absolute Gasteiger partial charge is 0.480 e. The Labute approximate surface area is 802 Å². The van der Waals surface area contributed by atoms with E-state index in [1.54, 1.807) is 14.7 Å². The summed E-state index contributed by atoms with van der Waals surface area (Å²) < 4.78 is 112. The van der Waals surface area contributed by atoms with E-state index in [4.69, 9.17) is 94.7 Å². The maximum Gasteiger partial charge on any atom is 0.317 e. The molecule has 0 unspecified atom stereocenters. The van der Waals surface area contributed by atoms with Crippen molar-refractivity contribution < 1.29 is 153 Å². The maximum atomic E-state index is 13.6. The molecule has 134 heavy (non-hydrogen) atoms. The van der Waals surface area contributed by atoms with E-state index in [0.717, 1.165) is 29.3 Å². The SMILES string of the molecule is CC(C)(C)N[C@H](CCCCNC(=O)COCCOCCOCCOCCOCCOCCOCCOCCNC(=O)[C@@H](CCCCNC(=O)CN1CCN(CC(=O)O)CCN(CC(=O)O)CCN(CC(=O)O)CC1)NC(=O)CCCOCCOCCOCCOCCOCCOCCOCCOCCOCCOCCOCCOCCCNC(=O)Cc1ccc(Br)cc1)C(=O)C(C)(C)C. The first-order valence-electron chi connectivity index (χ1n) is 47.3. The van der Waals surface area contributed by atoms with Crippen LogP contribution < -0.4 is 31.9 Å². The normalized spacial score (nSPS) is 14.0. The molecule has 2 rings (SSSR count). The van der Waals surface area contributed by atoms with Gasteiger partial charge >= 0.3 is 17.9 Å². The number of benzene rings is 1. The molecule has 778 valence electrons. The fourth-order valence-electron chi connectivity index (χ4n) is 12.5. The molecule has 0 saturated carbocycles. The Kier molecular flexibility index (Phi) is 79.9. The Hall–Kier alpha value is -5.87. The van der Waals surface area contributed by atoms with Gasteiger partial charge in [0, 0.05) is 114 Å². The van der Waals surface area contributed by atoms with Crippen LogP contribution in [0.5, 0.6) is 0 Å². The predicted octanol–water partition coefficient (Wildman–Crippen LogP) is 1.63. The van der Waals surface area contributed by atoms with Crippen molar-refractivity contribution in [1.29, 1.82) is 0 Å². The van der Waals surface area contributed by atoms with Gasteiger partial charge in [0.1, 0.15) is 12.6 Å². The first-order valence-corrected chi connectivity index (χ1v) is 48.1. The highest BCUT2D eigenvalue weighted by Crippen LogP contribution is 2.21. The van der Waals surface area contributed by atoms with E-state index >= 15 is 0 Å². The number of rotatable bonds is 91. The van der Waals surface area contributed by atoms with E-state index in [9.17, 15) is 58.5 Å². The molecule has 1 aromatic carbocycles. The second-order valence-electron chi connectivity index (χ2n) is 33.2. The molecule has 0 spiro atoms. The number of ketones is 1. The monoisotopic (exact) mass is 1990 g/mol. The molecule has 0 aromatic heterocycles. The van der Waals surface area contributed by atoms with Crippen LogP contribution in [0.1, 0.15) is 105 Å². The van der Waals surface area contributed by atoms with Gasteiger partial charge in [0.05, 0.1) is 283 Å². The quantitative estimate of drug-likeness (QED) is 0.0419. The van der Waals surface area contributed by atoms with Crippen molar-refractivity contribution in [3.05, 3.63) is 34.3 Å². The highest BCUT2D eigenvalue weighted by atomic mass is 79.9. The molecule has 0 bridgehead atoms. The first kappa shape index (κ1) is 124. The zero-order chi connectivity index (χ0) is 97.7. The number of halogens is 1. The number of unbranched alkanes of at least 4 members (excludes halogenated alkanes) is 2. The summed E-state index contributed by atoms with van der Waals surface area (Å²) in [6.45, 7) is 29.7. The van der Waals surface area contributed by atoms with Crippen molar-refractivity contribution in [1.82, 2.24) is 51.5 Å². The van der Waals surface area contributed by atoms with Crippen LogP contribution in [0.2, 0.25) is 0 Å². The van der Waals surface area contributed by atoms with Gasteiger partial charge in [-0.05, 0) is 89.8 Å². The minimum atomic E-state index is -1.06. The molecular weight excluding hydrogens is 1820 g/mol. The van der Waals surface area contributed by atoms with Gasteiger partial charge in [-0.1, -0.05) is 48.8 Å². The number of nitrogens with zero attached hydrogens (tertiary/aromatic N) is 4. The summed E-state index contributed by atoms with van der Waals surface area (Å²) in [5, 5.41) is 46.6. The van der Waals surface area contributed by atoms with Crippen molar-refractivity contribution in [3.8, 4) is 0 Å². The molecule has 1 aliphatic rings. The Morgan fingerprint density at radius 1 is 0.313 bits per heavy atom. The summed E-state index contributed by atoms with van der Waals surface area (Å²) >= 11 is 3.40. The van der Waals surface area contributed by atoms with Crippen LogP contribution in [0.4, 0.5) is 0 Å². The summed E-state index contributed by atoms with van der Waals surface area (Å²) in [6.07, 6.45) is 5.01. The summed E-state index contributed by atoms with van der Waals surface area (Å²) in [6, 6.07) is 6.57. The second kappa shape index (κ2) is 86.3. The highest BCUT2D eigenvalue weighted by Gasteiger charge is 2.32. The Morgan fingerprint density at radius 3 is 0.925 bits per heavy atom. The van der Waals surface area contributed by atoms with Crippen LogP contribution in [-0.2, 0) is 144 Å². The number of Topliss-reactive ketones (excluding diaryl/α,β-unsaturated/α-hetero) is 1.